The SMILES string of the molecule is CN1CCC(N2CCN(C(=O)CC[C@H]3CCCN(c4cc(NC5CC5)ncn4)C3)CC2)CC1. The van der Waals surface area contributed by atoms with Gasteiger partial charge in [0.1, 0.15) is 18.0 Å². The number of anilines is 2. The highest BCUT2D eigenvalue weighted by atomic mass is 16.2. The Kier molecular flexibility index (Phi) is 7.30. The van der Waals surface area contributed by atoms with Crippen molar-refractivity contribution >= 4 is 17.5 Å². The molecule has 0 aromatic carbocycles. The zero-order chi connectivity index (χ0) is 22.6. The molecule has 8 heteroatoms. The molecule has 0 unspecified atom stereocenters. The first-order valence-electron chi connectivity index (χ1n) is 13.2. The second kappa shape index (κ2) is 10.6. The minimum atomic E-state index is 0.355. The Labute approximate surface area is 198 Å². The van der Waals surface area contributed by atoms with E-state index in [1.165, 1.54) is 51.6 Å². The number of nitrogens with one attached hydrogen (secondary N) is 1. The summed E-state index contributed by atoms with van der Waals surface area (Å²) < 4.78 is 0. The van der Waals surface area contributed by atoms with E-state index in [1.807, 2.05) is 0 Å². The minimum Gasteiger partial charge on any atom is -0.367 e. The Morgan fingerprint density at radius 2 is 1.79 bits per heavy atom. The number of aromatic nitrogens is 2. The van der Waals surface area contributed by atoms with E-state index in [1.54, 1.807) is 6.33 Å². The quantitative estimate of drug-likeness (QED) is 0.677. The second-order valence-corrected chi connectivity index (χ2v) is 10.6. The summed E-state index contributed by atoms with van der Waals surface area (Å²) in [5.41, 5.74) is 0. The molecule has 3 saturated heterocycles. The van der Waals surface area contributed by atoms with E-state index in [2.05, 4.69) is 48.0 Å². The molecule has 4 aliphatic rings. The number of hydrogen-bond donors (Lipinski definition) is 1. The molecule has 1 aromatic heterocycles. The van der Waals surface area contributed by atoms with Crippen LogP contribution in [-0.4, -0.2) is 102 Å². The Hall–Kier alpha value is -1.93. The van der Waals surface area contributed by atoms with Crippen LogP contribution in [0.2, 0.25) is 0 Å². The fourth-order valence-corrected chi connectivity index (χ4v) is 5.73. The molecule has 4 fully saturated rings. The summed E-state index contributed by atoms with van der Waals surface area (Å²) in [6.45, 7) is 8.34. The van der Waals surface area contributed by atoms with Crippen molar-refractivity contribution in [3.63, 3.8) is 0 Å². The highest BCUT2D eigenvalue weighted by molar-refractivity contribution is 5.76. The van der Waals surface area contributed by atoms with E-state index < -0.39 is 0 Å². The van der Waals surface area contributed by atoms with Crippen LogP contribution in [0.25, 0.3) is 0 Å². The van der Waals surface area contributed by atoms with E-state index in [4.69, 9.17) is 0 Å². The van der Waals surface area contributed by atoms with E-state index in [-0.39, 0.29) is 0 Å². The van der Waals surface area contributed by atoms with Crippen molar-refractivity contribution in [3.8, 4) is 0 Å². The second-order valence-electron chi connectivity index (χ2n) is 10.6. The van der Waals surface area contributed by atoms with Crippen LogP contribution in [0.1, 0.15) is 51.4 Å². The van der Waals surface area contributed by atoms with Crippen molar-refractivity contribution in [1.82, 2.24) is 24.7 Å². The van der Waals surface area contributed by atoms with Crippen LogP contribution in [0.15, 0.2) is 12.4 Å². The molecule has 3 aliphatic heterocycles. The molecule has 5 rings (SSSR count). The van der Waals surface area contributed by atoms with Gasteiger partial charge < -0.3 is 20.0 Å². The summed E-state index contributed by atoms with van der Waals surface area (Å²) in [6, 6.07) is 3.41. The average Bonchev–Trinajstić information content (AvgIpc) is 3.67. The lowest BCUT2D eigenvalue weighted by molar-refractivity contribution is -0.133. The molecule has 33 heavy (non-hydrogen) atoms. The molecule has 1 atom stereocenters. The summed E-state index contributed by atoms with van der Waals surface area (Å²) in [4.78, 5) is 31.4. The summed E-state index contributed by atoms with van der Waals surface area (Å²) in [5, 5.41) is 3.48. The highest BCUT2D eigenvalue weighted by Crippen LogP contribution is 2.28. The maximum absolute atomic E-state index is 12.9. The maximum atomic E-state index is 12.9. The molecule has 4 heterocycles. The number of rotatable bonds is 7. The number of hydrogen-bond acceptors (Lipinski definition) is 7. The zero-order valence-corrected chi connectivity index (χ0v) is 20.3. The van der Waals surface area contributed by atoms with E-state index >= 15 is 0 Å². The molecule has 1 saturated carbocycles. The van der Waals surface area contributed by atoms with Crippen molar-refractivity contribution in [3.05, 3.63) is 12.4 Å². The summed E-state index contributed by atoms with van der Waals surface area (Å²) in [6.07, 6.45) is 10.8. The highest BCUT2D eigenvalue weighted by Gasteiger charge is 2.29. The summed E-state index contributed by atoms with van der Waals surface area (Å²) in [7, 11) is 2.22. The number of amides is 1. The van der Waals surface area contributed by atoms with Crippen LogP contribution in [0.5, 0.6) is 0 Å². The average molecular weight is 456 g/mol. The van der Waals surface area contributed by atoms with Crippen LogP contribution in [0, 0.1) is 5.92 Å². The first-order chi connectivity index (χ1) is 16.1. The summed E-state index contributed by atoms with van der Waals surface area (Å²) >= 11 is 0. The number of carbonyl (C=O) groups is 1. The van der Waals surface area contributed by atoms with Gasteiger partial charge in [0.15, 0.2) is 0 Å². The Morgan fingerprint density at radius 1 is 1.00 bits per heavy atom. The van der Waals surface area contributed by atoms with Gasteiger partial charge in [-0.05, 0) is 71.0 Å². The minimum absolute atomic E-state index is 0.355. The van der Waals surface area contributed by atoms with Gasteiger partial charge in [0.25, 0.3) is 0 Å². The fourth-order valence-electron chi connectivity index (χ4n) is 5.73. The number of carbonyl (C=O) groups excluding carboxylic acids is 1. The Morgan fingerprint density at radius 3 is 2.55 bits per heavy atom. The lowest BCUT2D eigenvalue weighted by Crippen LogP contribution is -2.54. The monoisotopic (exact) mass is 455 g/mol. The predicted molar refractivity (Wildman–Crippen MR) is 132 cm³/mol. The molecule has 182 valence electrons. The lowest BCUT2D eigenvalue weighted by Gasteiger charge is -2.42. The predicted octanol–water partition coefficient (Wildman–Crippen LogP) is 2.29. The van der Waals surface area contributed by atoms with Crippen molar-refractivity contribution in [1.29, 1.82) is 0 Å². The Balaban J connectivity index is 1.05. The van der Waals surface area contributed by atoms with Crippen LogP contribution in [0.3, 0.4) is 0 Å². The molecular formula is C25H41N7O. The third-order valence-electron chi connectivity index (χ3n) is 8.06. The standard InChI is InChI=1S/C25H41N7O/c1-29-11-8-22(9-12-29)30-13-15-31(16-14-30)25(33)7-4-20-3-2-10-32(18-20)24-17-23(26-19-27-24)28-21-5-6-21/h17,19-22H,2-16,18H2,1H3,(H,26,27,28)/t20-/m1/s1. The third kappa shape index (κ3) is 6.15. The largest absolute Gasteiger partial charge is 0.367 e. The zero-order valence-electron chi connectivity index (χ0n) is 20.3. The molecule has 8 nitrogen and oxygen atoms in total. The van der Waals surface area contributed by atoms with Crippen LogP contribution < -0.4 is 10.2 Å². The van der Waals surface area contributed by atoms with Gasteiger partial charge in [-0.25, -0.2) is 9.97 Å². The molecule has 1 N–H and O–H groups in total. The van der Waals surface area contributed by atoms with E-state index in [0.29, 0.717) is 30.3 Å². The lowest BCUT2D eigenvalue weighted by atomic mass is 9.93. The number of piperazine rings is 1. The van der Waals surface area contributed by atoms with E-state index in [9.17, 15) is 4.79 Å². The van der Waals surface area contributed by atoms with Gasteiger partial charge in [-0.3, -0.25) is 9.69 Å². The van der Waals surface area contributed by atoms with Crippen molar-refractivity contribution in [2.24, 2.45) is 5.92 Å². The van der Waals surface area contributed by atoms with E-state index in [0.717, 1.165) is 57.3 Å². The van der Waals surface area contributed by atoms with Crippen LogP contribution in [-0.2, 0) is 4.79 Å². The first kappa shape index (κ1) is 22.8. The molecule has 0 bridgehead atoms. The molecule has 0 spiro atoms. The first-order valence-corrected chi connectivity index (χ1v) is 13.2. The van der Waals surface area contributed by atoms with Gasteiger partial charge in [-0.15, -0.1) is 0 Å². The van der Waals surface area contributed by atoms with Crippen molar-refractivity contribution < 1.29 is 4.79 Å². The normalized spacial score (nSPS) is 25.9. The maximum Gasteiger partial charge on any atom is 0.222 e. The van der Waals surface area contributed by atoms with Crippen LogP contribution >= 0.6 is 0 Å². The van der Waals surface area contributed by atoms with Crippen LogP contribution in [0.4, 0.5) is 11.6 Å². The van der Waals surface area contributed by atoms with Gasteiger partial charge in [0, 0.05) is 63.8 Å². The van der Waals surface area contributed by atoms with Gasteiger partial charge >= 0.3 is 0 Å². The van der Waals surface area contributed by atoms with Gasteiger partial charge in [-0.2, -0.15) is 0 Å². The molecule has 0 radical (unpaired) electrons. The van der Waals surface area contributed by atoms with Gasteiger partial charge in [0.2, 0.25) is 5.91 Å². The smallest absolute Gasteiger partial charge is 0.222 e. The third-order valence-corrected chi connectivity index (χ3v) is 8.06. The fraction of sp³-hybridized carbons (Fsp3) is 0.800. The van der Waals surface area contributed by atoms with Gasteiger partial charge in [0.05, 0.1) is 0 Å². The number of nitrogens with zero attached hydrogens (tertiary/aromatic N) is 6. The molecular weight excluding hydrogens is 414 g/mol. The van der Waals surface area contributed by atoms with Crippen molar-refractivity contribution in [2.75, 3.05) is 69.6 Å². The molecule has 1 aromatic rings. The Bertz CT molecular complexity index is 785. The topological polar surface area (TPSA) is 67.8 Å². The number of likely N-dealkylation sites (tertiary alicyclic amines) is 1. The van der Waals surface area contributed by atoms with Gasteiger partial charge in [-0.1, -0.05) is 0 Å². The van der Waals surface area contributed by atoms with Crippen molar-refractivity contribution in [2.45, 2.75) is 63.5 Å². The molecule has 1 aliphatic carbocycles. The molecule has 1 amide bonds. The summed E-state index contributed by atoms with van der Waals surface area (Å²) in [5.74, 6) is 2.89. The number of piperidine rings is 2.